The van der Waals surface area contributed by atoms with Crippen molar-refractivity contribution in [3.63, 3.8) is 0 Å². The summed E-state index contributed by atoms with van der Waals surface area (Å²) in [6, 6.07) is 6.40. The number of nitrogens with one attached hydrogen (secondary N) is 2. The van der Waals surface area contributed by atoms with E-state index in [1.165, 1.54) is 19.1 Å². The van der Waals surface area contributed by atoms with Gasteiger partial charge in [-0.15, -0.1) is 0 Å². The number of aliphatic hydroxyl groups excluding tert-OH is 2. The molecule has 0 radical (unpaired) electrons. The Hall–Kier alpha value is -3.31. The molecule has 0 unspecified atom stereocenters. The number of Topliss-reactive ketones (excluding diaryl/α,β-unsaturated/α-hetero) is 1. The van der Waals surface area contributed by atoms with E-state index in [1.807, 2.05) is 5.32 Å². The number of ether oxygens (including phenoxy) is 2. The van der Waals surface area contributed by atoms with Crippen molar-refractivity contribution in [1.29, 1.82) is 0 Å². The van der Waals surface area contributed by atoms with Crippen LogP contribution in [0.4, 0.5) is 4.79 Å². The van der Waals surface area contributed by atoms with Gasteiger partial charge in [0.2, 0.25) is 5.91 Å². The summed E-state index contributed by atoms with van der Waals surface area (Å²) in [4.78, 5) is 57.9. The molecule has 0 saturated carbocycles. The lowest BCUT2D eigenvalue weighted by Crippen LogP contribution is -2.51. The highest BCUT2D eigenvalue weighted by Gasteiger charge is 2.34. The van der Waals surface area contributed by atoms with Crippen molar-refractivity contribution in [2.75, 3.05) is 13.7 Å². The minimum absolute atomic E-state index is 0.138. The van der Waals surface area contributed by atoms with Crippen molar-refractivity contribution in [1.82, 2.24) is 10.6 Å². The van der Waals surface area contributed by atoms with Crippen molar-refractivity contribution in [3.05, 3.63) is 35.9 Å². The molecular formula is C17H20N2O9. The third-order valence-electron chi connectivity index (χ3n) is 3.43. The van der Waals surface area contributed by atoms with Crippen LogP contribution in [0.3, 0.4) is 0 Å². The molecule has 2 amide bonds. The maximum absolute atomic E-state index is 11.9. The van der Waals surface area contributed by atoms with Crippen molar-refractivity contribution < 1.29 is 43.7 Å². The van der Waals surface area contributed by atoms with Crippen LogP contribution in [-0.4, -0.2) is 71.8 Å². The molecule has 3 atom stereocenters. The molecule has 1 aromatic carbocycles. The monoisotopic (exact) mass is 396 g/mol. The Balaban J connectivity index is 2.44. The van der Waals surface area contributed by atoms with Crippen LogP contribution in [0.1, 0.15) is 17.3 Å². The Kier molecular flexibility index (Phi) is 8.72. The number of aliphatic hydroxyl groups is 2. The first-order valence-corrected chi connectivity index (χ1v) is 7.99. The molecule has 28 heavy (non-hydrogen) atoms. The molecular weight excluding hydrogens is 376 g/mol. The lowest BCUT2D eigenvalue weighted by atomic mass is 10.0. The standard InChI is InChI=1S/C17H20N2O9/c1-9(12(21)13(22)14(23)16(25)27-2)19-11(20)8-18-17(26)28-15(24)10-6-4-3-5-7-10/h3-7,9,13-14,22-23H,8H2,1-2H3,(H,18,26)(H,19,20)/t9-,13-,14+/m0/s1. The number of hydrogen-bond acceptors (Lipinski definition) is 9. The van der Waals surface area contributed by atoms with Crippen LogP contribution in [0.15, 0.2) is 30.3 Å². The van der Waals surface area contributed by atoms with Crippen molar-refractivity contribution in [2.24, 2.45) is 0 Å². The van der Waals surface area contributed by atoms with Crippen molar-refractivity contribution in [2.45, 2.75) is 25.2 Å². The topological polar surface area (TPSA) is 168 Å². The van der Waals surface area contributed by atoms with Crippen LogP contribution in [0.2, 0.25) is 0 Å². The number of methoxy groups -OCH3 is 1. The number of esters is 2. The fourth-order valence-electron chi connectivity index (χ4n) is 1.93. The van der Waals surface area contributed by atoms with E-state index >= 15 is 0 Å². The molecule has 0 aliphatic rings. The summed E-state index contributed by atoms with van der Waals surface area (Å²) in [6.45, 7) is 0.568. The molecule has 0 aliphatic heterocycles. The molecule has 0 aromatic heterocycles. The lowest BCUT2D eigenvalue weighted by Gasteiger charge is -2.19. The number of ketones is 1. The molecule has 4 N–H and O–H groups in total. The number of amides is 2. The average molecular weight is 396 g/mol. The van der Waals surface area contributed by atoms with Crippen LogP contribution in [0, 0.1) is 0 Å². The van der Waals surface area contributed by atoms with Gasteiger partial charge in [-0.25, -0.2) is 14.4 Å². The molecule has 0 bridgehead atoms. The number of alkyl carbamates (subject to hydrolysis) is 1. The average Bonchev–Trinajstić information content (AvgIpc) is 2.70. The van der Waals surface area contributed by atoms with Crippen LogP contribution >= 0.6 is 0 Å². The number of rotatable bonds is 8. The van der Waals surface area contributed by atoms with E-state index in [4.69, 9.17) is 0 Å². The predicted molar refractivity (Wildman–Crippen MR) is 91.9 cm³/mol. The summed E-state index contributed by atoms with van der Waals surface area (Å²) in [5.74, 6) is -4.02. The second-order valence-electron chi connectivity index (χ2n) is 5.50. The van der Waals surface area contributed by atoms with Gasteiger partial charge in [-0.2, -0.15) is 0 Å². The second-order valence-corrected chi connectivity index (χ2v) is 5.50. The van der Waals surface area contributed by atoms with Gasteiger partial charge < -0.3 is 30.3 Å². The molecule has 0 heterocycles. The van der Waals surface area contributed by atoms with E-state index in [0.29, 0.717) is 0 Å². The molecule has 0 spiro atoms. The minimum atomic E-state index is -2.11. The fraction of sp³-hybridized carbons (Fsp3) is 0.353. The first kappa shape index (κ1) is 22.7. The van der Waals surface area contributed by atoms with Gasteiger partial charge in [-0.1, -0.05) is 18.2 Å². The normalized spacial score (nSPS) is 13.4. The molecule has 0 saturated heterocycles. The third-order valence-corrected chi connectivity index (χ3v) is 3.43. The van der Waals surface area contributed by atoms with Gasteiger partial charge in [0.05, 0.1) is 18.7 Å². The summed E-state index contributed by atoms with van der Waals surface area (Å²) < 4.78 is 8.68. The quantitative estimate of drug-likeness (QED) is 0.302. The minimum Gasteiger partial charge on any atom is -0.467 e. The molecule has 1 rings (SSSR count). The molecule has 0 aliphatic carbocycles. The Bertz CT molecular complexity index is 735. The molecule has 0 fully saturated rings. The fourth-order valence-corrected chi connectivity index (χ4v) is 1.93. The van der Waals surface area contributed by atoms with E-state index in [0.717, 1.165) is 7.11 Å². The van der Waals surface area contributed by atoms with Crippen LogP contribution in [-0.2, 0) is 23.9 Å². The lowest BCUT2D eigenvalue weighted by molar-refractivity contribution is -0.161. The Morgan fingerprint density at radius 1 is 1.04 bits per heavy atom. The number of hydrogen-bond donors (Lipinski definition) is 4. The van der Waals surface area contributed by atoms with Gasteiger partial charge in [0.1, 0.15) is 6.54 Å². The van der Waals surface area contributed by atoms with Gasteiger partial charge >= 0.3 is 18.0 Å². The van der Waals surface area contributed by atoms with Crippen molar-refractivity contribution in [3.8, 4) is 0 Å². The van der Waals surface area contributed by atoms with Crippen molar-refractivity contribution >= 4 is 29.7 Å². The predicted octanol–water partition coefficient (Wildman–Crippen LogP) is -1.48. The zero-order chi connectivity index (χ0) is 21.3. The summed E-state index contributed by atoms with van der Waals surface area (Å²) in [6.07, 6.45) is -5.39. The van der Waals surface area contributed by atoms with Gasteiger partial charge in [0.15, 0.2) is 18.0 Å². The Morgan fingerprint density at radius 2 is 1.64 bits per heavy atom. The maximum atomic E-state index is 11.9. The molecule has 11 heteroatoms. The van der Waals surface area contributed by atoms with Gasteiger partial charge in [0.25, 0.3) is 0 Å². The molecule has 1 aromatic rings. The third kappa shape index (κ3) is 6.78. The Morgan fingerprint density at radius 3 is 2.21 bits per heavy atom. The van der Waals surface area contributed by atoms with Gasteiger partial charge in [0, 0.05) is 0 Å². The first-order valence-electron chi connectivity index (χ1n) is 7.99. The first-order chi connectivity index (χ1) is 13.2. The highest BCUT2D eigenvalue weighted by Crippen LogP contribution is 2.02. The smallest absolute Gasteiger partial charge is 0.415 e. The molecule has 152 valence electrons. The number of carbonyl (C=O) groups is 5. The summed E-state index contributed by atoms with van der Waals surface area (Å²) in [5, 5.41) is 23.2. The second kappa shape index (κ2) is 10.7. The summed E-state index contributed by atoms with van der Waals surface area (Å²) >= 11 is 0. The van der Waals surface area contributed by atoms with Gasteiger partial charge in [-0.3, -0.25) is 9.59 Å². The van der Waals surface area contributed by atoms with Gasteiger partial charge in [-0.05, 0) is 19.1 Å². The molecule has 11 nitrogen and oxygen atoms in total. The maximum Gasteiger partial charge on any atom is 0.415 e. The zero-order valence-corrected chi connectivity index (χ0v) is 15.1. The zero-order valence-electron chi connectivity index (χ0n) is 15.1. The van der Waals surface area contributed by atoms with E-state index < -0.39 is 54.5 Å². The van der Waals surface area contributed by atoms with Crippen LogP contribution in [0.25, 0.3) is 0 Å². The van der Waals surface area contributed by atoms with E-state index in [1.54, 1.807) is 18.2 Å². The summed E-state index contributed by atoms with van der Waals surface area (Å²) in [7, 11) is 0.960. The number of benzene rings is 1. The Labute approximate surface area is 159 Å². The summed E-state index contributed by atoms with van der Waals surface area (Å²) in [5.41, 5.74) is 0.138. The van der Waals surface area contributed by atoms with E-state index in [9.17, 15) is 34.2 Å². The van der Waals surface area contributed by atoms with Crippen LogP contribution < -0.4 is 10.6 Å². The highest BCUT2D eigenvalue weighted by molar-refractivity contribution is 5.98. The van der Waals surface area contributed by atoms with Crippen LogP contribution in [0.5, 0.6) is 0 Å². The highest BCUT2D eigenvalue weighted by atomic mass is 16.6. The number of carbonyl (C=O) groups excluding carboxylic acids is 5. The van der Waals surface area contributed by atoms with E-state index in [2.05, 4.69) is 14.8 Å². The largest absolute Gasteiger partial charge is 0.467 e. The SMILES string of the molecule is COC(=O)[C@H](O)[C@@H](O)C(=O)[C@H](C)NC(=O)CNC(=O)OC(=O)c1ccccc1. The van der Waals surface area contributed by atoms with E-state index in [-0.39, 0.29) is 5.56 Å².